The molecule has 0 saturated carbocycles. The molecule has 0 spiro atoms. The highest BCUT2D eigenvalue weighted by atomic mass is 19.4. The number of aliphatic carboxylic acids is 1. The van der Waals surface area contributed by atoms with Crippen molar-refractivity contribution in [2.75, 3.05) is 18.0 Å². The summed E-state index contributed by atoms with van der Waals surface area (Å²) < 4.78 is 38.6. The molecule has 1 N–H and O–H groups in total. The van der Waals surface area contributed by atoms with Crippen LogP contribution < -0.4 is 4.90 Å². The van der Waals surface area contributed by atoms with Crippen molar-refractivity contribution in [2.45, 2.75) is 25.9 Å². The Bertz CT molecular complexity index is 506. The van der Waals surface area contributed by atoms with Crippen LogP contribution in [0.15, 0.2) is 18.2 Å². The zero-order chi connectivity index (χ0) is 14.9. The van der Waals surface area contributed by atoms with Crippen LogP contribution in [0.2, 0.25) is 0 Å². The topological polar surface area (TPSA) is 40.5 Å². The molecule has 0 unspecified atom stereocenters. The number of rotatable bonds is 2. The molecule has 3 nitrogen and oxygen atoms in total. The lowest BCUT2D eigenvalue weighted by Crippen LogP contribution is -2.36. The molecule has 0 bridgehead atoms. The fourth-order valence-corrected chi connectivity index (χ4v) is 2.50. The van der Waals surface area contributed by atoms with Gasteiger partial charge in [-0.3, -0.25) is 4.79 Å². The van der Waals surface area contributed by atoms with Gasteiger partial charge in [-0.1, -0.05) is 6.07 Å². The number of hydrogen-bond acceptors (Lipinski definition) is 2. The van der Waals surface area contributed by atoms with Crippen LogP contribution in [-0.4, -0.2) is 24.2 Å². The van der Waals surface area contributed by atoms with Gasteiger partial charge < -0.3 is 10.0 Å². The number of piperidine rings is 1. The summed E-state index contributed by atoms with van der Waals surface area (Å²) in [5.74, 6) is -1.22. The maximum absolute atomic E-state index is 12.9. The number of alkyl halides is 3. The van der Waals surface area contributed by atoms with Crippen molar-refractivity contribution < 1.29 is 23.1 Å². The molecular formula is C14H16F3NO2. The summed E-state index contributed by atoms with van der Waals surface area (Å²) in [6.07, 6.45) is -3.44. The molecule has 1 aromatic rings. The number of benzene rings is 1. The van der Waals surface area contributed by atoms with E-state index in [0.717, 1.165) is 6.07 Å². The van der Waals surface area contributed by atoms with Crippen LogP contribution in [0.5, 0.6) is 0 Å². The van der Waals surface area contributed by atoms with E-state index in [0.29, 0.717) is 31.6 Å². The number of aryl methyl sites for hydroxylation is 1. The van der Waals surface area contributed by atoms with E-state index in [4.69, 9.17) is 5.11 Å². The van der Waals surface area contributed by atoms with Crippen molar-refractivity contribution >= 4 is 11.7 Å². The van der Waals surface area contributed by atoms with E-state index in [2.05, 4.69) is 0 Å². The van der Waals surface area contributed by atoms with Gasteiger partial charge in [0.15, 0.2) is 0 Å². The van der Waals surface area contributed by atoms with Crippen molar-refractivity contribution in [3.63, 3.8) is 0 Å². The van der Waals surface area contributed by atoms with Gasteiger partial charge in [0.25, 0.3) is 0 Å². The van der Waals surface area contributed by atoms with E-state index in [1.807, 2.05) is 4.90 Å². The molecule has 0 amide bonds. The first-order chi connectivity index (χ1) is 9.29. The van der Waals surface area contributed by atoms with E-state index in [1.54, 1.807) is 6.07 Å². The van der Waals surface area contributed by atoms with Crippen molar-refractivity contribution in [1.82, 2.24) is 0 Å². The first-order valence-corrected chi connectivity index (χ1v) is 6.44. The first-order valence-electron chi connectivity index (χ1n) is 6.44. The molecule has 1 aliphatic heterocycles. The first kappa shape index (κ1) is 14.7. The van der Waals surface area contributed by atoms with Gasteiger partial charge in [-0.15, -0.1) is 0 Å². The molecule has 0 aromatic heterocycles. The average molecular weight is 287 g/mol. The van der Waals surface area contributed by atoms with Gasteiger partial charge >= 0.3 is 12.1 Å². The summed E-state index contributed by atoms with van der Waals surface area (Å²) >= 11 is 0. The number of carboxylic acids is 1. The zero-order valence-electron chi connectivity index (χ0n) is 11.1. The fraction of sp³-hybridized carbons (Fsp3) is 0.500. The Balaban J connectivity index is 2.17. The summed E-state index contributed by atoms with van der Waals surface area (Å²) in [5, 5.41) is 8.91. The maximum Gasteiger partial charge on any atom is 0.416 e. The number of hydrogen-bond donors (Lipinski definition) is 1. The molecule has 1 aliphatic rings. The van der Waals surface area contributed by atoms with Crippen molar-refractivity contribution in [1.29, 1.82) is 0 Å². The SMILES string of the molecule is Cc1ccc(N2CCC(C(=O)O)CC2)cc1C(F)(F)F. The van der Waals surface area contributed by atoms with Gasteiger partial charge in [0.05, 0.1) is 11.5 Å². The van der Waals surface area contributed by atoms with E-state index in [-0.39, 0.29) is 5.56 Å². The van der Waals surface area contributed by atoms with Crippen LogP contribution in [0.25, 0.3) is 0 Å². The molecule has 0 atom stereocenters. The molecule has 110 valence electrons. The summed E-state index contributed by atoms with van der Waals surface area (Å²) in [4.78, 5) is 12.7. The maximum atomic E-state index is 12.9. The number of anilines is 1. The summed E-state index contributed by atoms with van der Waals surface area (Å²) in [6, 6.07) is 4.27. The van der Waals surface area contributed by atoms with E-state index < -0.39 is 23.6 Å². The smallest absolute Gasteiger partial charge is 0.416 e. The third-order valence-corrected chi connectivity index (χ3v) is 3.74. The minimum absolute atomic E-state index is 0.196. The van der Waals surface area contributed by atoms with Gasteiger partial charge in [-0.25, -0.2) is 0 Å². The Morgan fingerprint density at radius 3 is 2.40 bits per heavy atom. The van der Waals surface area contributed by atoms with Crippen LogP contribution in [0, 0.1) is 12.8 Å². The Kier molecular flexibility index (Phi) is 3.92. The molecule has 6 heteroatoms. The van der Waals surface area contributed by atoms with Crippen molar-refractivity contribution in [3.8, 4) is 0 Å². The zero-order valence-corrected chi connectivity index (χ0v) is 11.1. The molecule has 1 fully saturated rings. The predicted molar refractivity (Wildman–Crippen MR) is 68.8 cm³/mol. The second-order valence-electron chi connectivity index (χ2n) is 5.10. The minimum Gasteiger partial charge on any atom is -0.481 e. The highest BCUT2D eigenvalue weighted by molar-refractivity contribution is 5.70. The molecule has 0 radical (unpaired) electrons. The fourth-order valence-electron chi connectivity index (χ4n) is 2.50. The quantitative estimate of drug-likeness (QED) is 0.907. The Morgan fingerprint density at radius 1 is 1.30 bits per heavy atom. The van der Waals surface area contributed by atoms with Crippen LogP contribution >= 0.6 is 0 Å². The molecule has 20 heavy (non-hydrogen) atoms. The van der Waals surface area contributed by atoms with Crippen LogP contribution in [-0.2, 0) is 11.0 Å². The summed E-state index contributed by atoms with van der Waals surface area (Å²) in [6.45, 7) is 2.37. The second kappa shape index (κ2) is 5.34. The average Bonchev–Trinajstić information content (AvgIpc) is 2.38. The summed E-state index contributed by atoms with van der Waals surface area (Å²) in [7, 11) is 0. The monoisotopic (exact) mass is 287 g/mol. The molecular weight excluding hydrogens is 271 g/mol. The van der Waals surface area contributed by atoms with Crippen LogP contribution in [0.1, 0.15) is 24.0 Å². The van der Waals surface area contributed by atoms with Gasteiger partial charge in [0.2, 0.25) is 0 Å². The van der Waals surface area contributed by atoms with E-state index in [1.165, 1.54) is 13.0 Å². The number of halogens is 3. The third kappa shape index (κ3) is 3.05. The number of carbonyl (C=O) groups is 1. The Hall–Kier alpha value is -1.72. The molecule has 1 saturated heterocycles. The van der Waals surface area contributed by atoms with Crippen LogP contribution in [0.4, 0.5) is 18.9 Å². The van der Waals surface area contributed by atoms with Crippen molar-refractivity contribution in [2.24, 2.45) is 5.92 Å². The highest BCUT2D eigenvalue weighted by Crippen LogP contribution is 2.35. The van der Waals surface area contributed by atoms with E-state index in [9.17, 15) is 18.0 Å². The largest absolute Gasteiger partial charge is 0.481 e. The summed E-state index contributed by atoms with van der Waals surface area (Å²) in [5.41, 5.74) is 0.0730. The second-order valence-corrected chi connectivity index (χ2v) is 5.10. The lowest BCUT2D eigenvalue weighted by atomic mass is 9.96. The molecule has 0 aliphatic carbocycles. The van der Waals surface area contributed by atoms with Gasteiger partial charge in [-0.05, 0) is 37.5 Å². The predicted octanol–water partition coefficient (Wildman–Crippen LogP) is 3.31. The Labute approximate surface area is 115 Å². The minimum atomic E-state index is -4.36. The third-order valence-electron chi connectivity index (χ3n) is 3.74. The molecule has 1 aromatic carbocycles. The van der Waals surface area contributed by atoms with E-state index >= 15 is 0 Å². The molecule has 1 heterocycles. The van der Waals surface area contributed by atoms with Gasteiger partial charge in [0, 0.05) is 18.8 Å². The lowest BCUT2D eigenvalue weighted by molar-refractivity contribution is -0.142. The van der Waals surface area contributed by atoms with Crippen molar-refractivity contribution in [3.05, 3.63) is 29.3 Å². The lowest BCUT2D eigenvalue weighted by Gasteiger charge is -2.32. The number of carboxylic acid groups (broad SMARTS) is 1. The number of nitrogens with zero attached hydrogens (tertiary/aromatic N) is 1. The Morgan fingerprint density at radius 2 is 1.90 bits per heavy atom. The molecule has 2 rings (SSSR count). The van der Waals surface area contributed by atoms with Gasteiger partial charge in [-0.2, -0.15) is 13.2 Å². The highest BCUT2D eigenvalue weighted by Gasteiger charge is 2.33. The van der Waals surface area contributed by atoms with Crippen LogP contribution in [0.3, 0.4) is 0 Å². The normalized spacial score (nSPS) is 17.3. The standard InChI is InChI=1S/C14H16F3NO2/c1-9-2-3-11(8-12(9)14(15,16)17)18-6-4-10(5-7-18)13(19)20/h2-3,8,10H,4-7H2,1H3,(H,19,20). The van der Waals surface area contributed by atoms with Gasteiger partial charge in [0.1, 0.15) is 0 Å².